The summed E-state index contributed by atoms with van der Waals surface area (Å²) < 4.78 is 0. The van der Waals surface area contributed by atoms with Gasteiger partial charge in [0.15, 0.2) is 0 Å². The van der Waals surface area contributed by atoms with Gasteiger partial charge < -0.3 is 10.8 Å². The molecule has 2 nitrogen and oxygen atoms in total. The quantitative estimate of drug-likeness (QED) is 0.456. The van der Waals surface area contributed by atoms with Crippen LogP contribution in [-0.2, 0) is 0 Å². The highest BCUT2D eigenvalue weighted by atomic mass is 16.2. The summed E-state index contributed by atoms with van der Waals surface area (Å²) in [5, 5.41) is 7.93. The lowest BCUT2D eigenvalue weighted by Gasteiger charge is -1.91. The SMILES string of the molecule is CCC(N)C#CO. The number of aliphatic hydroxyl groups excluding tert-OH is 1. The third-order valence-corrected chi connectivity index (χ3v) is 0.690. The molecule has 0 aliphatic carbocycles. The first kappa shape index (κ1) is 6.32. The lowest BCUT2D eigenvalue weighted by atomic mass is 10.3. The summed E-state index contributed by atoms with van der Waals surface area (Å²) >= 11 is 0. The Balaban J connectivity index is 3.29. The molecule has 0 aliphatic rings. The molecule has 40 valence electrons. The van der Waals surface area contributed by atoms with Gasteiger partial charge >= 0.3 is 0 Å². The molecule has 0 aromatic rings. The van der Waals surface area contributed by atoms with Gasteiger partial charge in [0.25, 0.3) is 0 Å². The van der Waals surface area contributed by atoms with E-state index < -0.39 is 0 Å². The van der Waals surface area contributed by atoms with Crippen molar-refractivity contribution in [1.82, 2.24) is 0 Å². The van der Waals surface area contributed by atoms with Crippen molar-refractivity contribution >= 4 is 0 Å². The second-order valence-corrected chi connectivity index (χ2v) is 1.27. The topological polar surface area (TPSA) is 46.2 Å². The van der Waals surface area contributed by atoms with E-state index in [2.05, 4.69) is 5.92 Å². The van der Waals surface area contributed by atoms with Crippen LogP contribution in [0, 0.1) is 12.0 Å². The summed E-state index contributed by atoms with van der Waals surface area (Å²) in [6, 6.07) is -0.162. The van der Waals surface area contributed by atoms with Gasteiger partial charge in [-0.2, -0.15) is 0 Å². The van der Waals surface area contributed by atoms with Gasteiger partial charge in [-0.15, -0.1) is 0 Å². The van der Waals surface area contributed by atoms with E-state index in [9.17, 15) is 0 Å². The van der Waals surface area contributed by atoms with Crippen LogP contribution in [0.15, 0.2) is 0 Å². The van der Waals surface area contributed by atoms with Crippen LogP contribution in [0.25, 0.3) is 0 Å². The van der Waals surface area contributed by atoms with Crippen LogP contribution in [0.4, 0.5) is 0 Å². The zero-order valence-corrected chi connectivity index (χ0v) is 4.31. The van der Waals surface area contributed by atoms with Gasteiger partial charge in [0, 0.05) is 0 Å². The van der Waals surface area contributed by atoms with E-state index in [4.69, 9.17) is 10.8 Å². The summed E-state index contributed by atoms with van der Waals surface area (Å²) in [6.07, 6.45) is 2.53. The minimum absolute atomic E-state index is 0.162. The Kier molecular flexibility index (Phi) is 3.17. The number of aliphatic hydroxyl groups is 1. The summed E-state index contributed by atoms with van der Waals surface area (Å²) in [4.78, 5) is 0. The van der Waals surface area contributed by atoms with E-state index in [1.165, 1.54) is 0 Å². The van der Waals surface area contributed by atoms with Crippen molar-refractivity contribution in [3.05, 3.63) is 0 Å². The molecule has 0 aromatic heterocycles. The minimum atomic E-state index is -0.162. The first-order chi connectivity index (χ1) is 3.31. The Bertz CT molecular complexity index is 90.0. The van der Waals surface area contributed by atoms with Crippen LogP contribution in [0.1, 0.15) is 13.3 Å². The second-order valence-electron chi connectivity index (χ2n) is 1.27. The Hall–Kier alpha value is -0.680. The predicted octanol–water partition coefficient (Wildman–Crippen LogP) is 0.0571. The fourth-order valence-corrected chi connectivity index (χ4v) is 0.185. The van der Waals surface area contributed by atoms with Crippen LogP contribution in [0.3, 0.4) is 0 Å². The highest BCUT2D eigenvalue weighted by Gasteiger charge is 1.86. The molecule has 3 N–H and O–H groups in total. The molecule has 0 radical (unpaired) electrons. The average molecular weight is 99.1 g/mol. The van der Waals surface area contributed by atoms with Crippen molar-refractivity contribution in [2.75, 3.05) is 0 Å². The molecular weight excluding hydrogens is 90.1 g/mol. The molecule has 1 unspecified atom stereocenters. The maximum Gasteiger partial charge on any atom is 0.109 e. The van der Waals surface area contributed by atoms with Crippen molar-refractivity contribution in [3.63, 3.8) is 0 Å². The van der Waals surface area contributed by atoms with Crippen molar-refractivity contribution in [1.29, 1.82) is 0 Å². The van der Waals surface area contributed by atoms with Crippen molar-refractivity contribution in [2.24, 2.45) is 5.73 Å². The highest BCUT2D eigenvalue weighted by Crippen LogP contribution is 1.78. The highest BCUT2D eigenvalue weighted by molar-refractivity contribution is 4.99. The normalized spacial score (nSPS) is 11.7. The average Bonchev–Trinajstić information content (AvgIpc) is 1.68. The third kappa shape index (κ3) is 3.14. The van der Waals surface area contributed by atoms with Gasteiger partial charge in [0.1, 0.15) is 6.11 Å². The van der Waals surface area contributed by atoms with E-state index in [0.717, 1.165) is 6.42 Å². The first-order valence-electron chi connectivity index (χ1n) is 2.21. The molecule has 0 bridgehead atoms. The second kappa shape index (κ2) is 3.51. The van der Waals surface area contributed by atoms with Gasteiger partial charge in [-0.1, -0.05) is 6.92 Å². The zero-order chi connectivity index (χ0) is 5.70. The molecule has 2 heteroatoms. The van der Waals surface area contributed by atoms with E-state index >= 15 is 0 Å². The summed E-state index contributed by atoms with van der Waals surface area (Å²) in [5.74, 6) is 2.38. The molecule has 0 fully saturated rings. The van der Waals surface area contributed by atoms with E-state index in [-0.39, 0.29) is 6.04 Å². The predicted molar refractivity (Wildman–Crippen MR) is 28.0 cm³/mol. The van der Waals surface area contributed by atoms with Crippen LogP contribution < -0.4 is 5.73 Å². The van der Waals surface area contributed by atoms with E-state index in [0.29, 0.717) is 0 Å². The van der Waals surface area contributed by atoms with Crippen LogP contribution in [0.2, 0.25) is 0 Å². The van der Waals surface area contributed by atoms with Crippen molar-refractivity contribution in [2.45, 2.75) is 19.4 Å². The molecule has 0 saturated heterocycles. The Morgan fingerprint density at radius 1 is 1.86 bits per heavy atom. The maximum atomic E-state index is 7.93. The maximum absolute atomic E-state index is 7.93. The van der Waals surface area contributed by atoms with Crippen LogP contribution in [0.5, 0.6) is 0 Å². The zero-order valence-electron chi connectivity index (χ0n) is 4.31. The fraction of sp³-hybridized carbons (Fsp3) is 0.600. The monoisotopic (exact) mass is 99.1 g/mol. The van der Waals surface area contributed by atoms with Crippen molar-refractivity contribution < 1.29 is 5.11 Å². The lowest BCUT2D eigenvalue weighted by Crippen LogP contribution is -2.15. The minimum Gasteiger partial charge on any atom is -0.462 e. The molecular formula is C5H9NO. The summed E-state index contributed by atoms with van der Waals surface area (Å²) in [5.41, 5.74) is 5.25. The number of rotatable bonds is 1. The van der Waals surface area contributed by atoms with E-state index in [1.807, 2.05) is 6.92 Å². The fourth-order valence-electron chi connectivity index (χ4n) is 0.185. The molecule has 0 saturated carbocycles. The van der Waals surface area contributed by atoms with Crippen LogP contribution in [-0.4, -0.2) is 11.1 Å². The smallest absolute Gasteiger partial charge is 0.109 e. The molecule has 0 rings (SSSR count). The summed E-state index contributed by atoms with van der Waals surface area (Å²) in [6.45, 7) is 1.91. The van der Waals surface area contributed by atoms with Gasteiger partial charge in [-0.3, -0.25) is 0 Å². The third-order valence-electron chi connectivity index (χ3n) is 0.690. The van der Waals surface area contributed by atoms with Gasteiger partial charge in [-0.05, 0) is 12.3 Å². The molecule has 0 heterocycles. The molecule has 0 aliphatic heterocycles. The number of hydrogen-bond donors (Lipinski definition) is 2. The Morgan fingerprint density at radius 2 is 2.43 bits per heavy atom. The van der Waals surface area contributed by atoms with Crippen LogP contribution >= 0.6 is 0 Å². The number of nitrogens with two attached hydrogens (primary N) is 1. The standard InChI is InChI=1S/C5H9NO/c1-2-5(6)3-4-7/h5,7H,2,6H2,1H3. The number of hydrogen-bond acceptors (Lipinski definition) is 2. The summed E-state index contributed by atoms with van der Waals surface area (Å²) in [7, 11) is 0. The van der Waals surface area contributed by atoms with Gasteiger partial charge in [0.2, 0.25) is 0 Å². The molecule has 0 spiro atoms. The van der Waals surface area contributed by atoms with E-state index in [1.54, 1.807) is 6.11 Å². The Morgan fingerprint density at radius 3 is 2.57 bits per heavy atom. The Labute approximate surface area is 43.3 Å². The molecule has 1 atom stereocenters. The molecule has 0 aromatic carbocycles. The lowest BCUT2D eigenvalue weighted by molar-refractivity contribution is 0.514. The van der Waals surface area contributed by atoms with Crippen molar-refractivity contribution in [3.8, 4) is 12.0 Å². The molecule has 7 heavy (non-hydrogen) atoms. The first-order valence-corrected chi connectivity index (χ1v) is 2.21. The molecule has 0 amide bonds. The largest absolute Gasteiger partial charge is 0.462 e. The van der Waals surface area contributed by atoms with Gasteiger partial charge in [0.05, 0.1) is 6.04 Å². The van der Waals surface area contributed by atoms with Gasteiger partial charge in [-0.25, -0.2) is 0 Å².